The molecule has 3 aromatic rings. The summed E-state index contributed by atoms with van der Waals surface area (Å²) in [5, 5.41) is 3.14. The molecule has 0 aliphatic carbocycles. The molecular formula is C25H26ClN3O7S2. The highest BCUT2D eigenvalue weighted by atomic mass is 35.5. The molecule has 0 radical (unpaired) electrons. The van der Waals surface area contributed by atoms with Gasteiger partial charge >= 0.3 is 0 Å². The lowest BCUT2D eigenvalue weighted by atomic mass is 10.2. The van der Waals surface area contributed by atoms with Crippen LogP contribution in [0.25, 0.3) is 0 Å². The number of carbonyl (C=O) groups is 1. The van der Waals surface area contributed by atoms with E-state index in [0.717, 1.165) is 6.26 Å². The van der Waals surface area contributed by atoms with E-state index >= 15 is 0 Å². The Bertz CT molecular complexity index is 1560. The third-order valence-electron chi connectivity index (χ3n) is 5.77. The maximum absolute atomic E-state index is 12.8. The van der Waals surface area contributed by atoms with E-state index in [0.29, 0.717) is 39.1 Å². The third kappa shape index (κ3) is 6.50. The number of halogens is 1. The number of anilines is 3. The third-order valence-corrected chi connectivity index (χ3v) is 8.75. The van der Waals surface area contributed by atoms with E-state index < -0.39 is 20.0 Å². The van der Waals surface area contributed by atoms with Crippen molar-refractivity contribution < 1.29 is 31.1 Å². The average Bonchev–Trinajstić information content (AvgIpc) is 3.32. The molecule has 1 heterocycles. The van der Waals surface area contributed by atoms with Crippen LogP contribution in [0.15, 0.2) is 65.6 Å². The first-order valence-electron chi connectivity index (χ1n) is 11.5. The first kappa shape index (κ1) is 27.6. The fourth-order valence-electron chi connectivity index (χ4n) is 3.77. The Morgan fingerprint density at radius 2 is 1.71 bits per heavy atom. The van der Waals surface area contributed by atoms with Gasteiger partial charge in [-0.3, -0.25) is 13.8 Å². The number of sulfonamides is 2. The normalized spacial score (nSPS) is 12.7. The van der Waals surface area contributed by atoms with Gasteiger partial charge in [0, 0.05) is 29.7 Å². The summed E-state index contributed by atoms with van der Waals surface area (Å²) in [5.41, 5.74) is 1.80. The standard InChI is InChI=1S/C25H26ClN3O7S2/c1-17-21(26)5-3-6-22(17)28-38(33,34)20-11-8-18(9-12-20)27-25(30)7-4-14-29(37(2,31)32)19-10-13-23-24(15-19)36-16-35-23/h3,5-6,8-13,15,28H,4,7,14,16H2,1-2H3,(H,27,30). The fraction of sp³-hybridized carbons (Fsp3) is 0.240. The molecule has 4 rings (SSSR count). The Balaban J connectivity index is 1.34. The second-order valence-corrected chi connectivity index (χ2v) is 12.6. The monoisotopic (exact) mass is 579 g/mol. The highest BCUT2D eigenvalue weighted by molar-refractivity contribution is 7.92. The number of benzene rings is 3. The quantitative estimate of drug-likeness (QED) is 0.365. The van der Waals surface area contributed by atoms with Crippen molar-refractivity contribution in [2.45, 2.75) is 24.7 Å². The van der Waals surface area contributed by atoms with Crippen LogP contribution in [0.1, 0.15) is 18.4 Å². The van der Waals surface area contributed by atoms with Crippen molar-refractivity contribution in [3.8, 4) is 11.5 Å². The summed E-state index contributed by atoms with van der Waals surface area (Å²) in [5.74, 6) is 0.653. The van der Waals surface area contributed by atoms with Crippen LogP contribution in [0.5, 0.6) is 11.5 Å². The first-order valence-corrected chi connectivity index (χ1v) is 15.2. The summed E-state index contributed by atoms with van der Waals surface area (Å²) in [6.07, 6.45) is 1.39. The highest BCUT2D eigenvalue weighted by Gasteiger charge is 2.22. The van der Waals surface area contributed by atoms with E-state index in [4.69, 9.17) is 21.1 Å². The van der Waals surface area contributed by atoms with Crippen molar-refractivity contribution in [1.82, 2.24) is 0 Å². The molecule has 38 heavy (non-hydrogen) atoms. The number of hydrogen-bond acceptors (Lipinski definition) is 7. The van der Waals surface area contributed by atoms with Gasteiger partial charge in [-0.15, -0.1) is 0 Å². The number of nitrogens with zero attached hydrogens (tertiary/aromatic N) is 1. The molecule has 0 saturated heterocycles. The van der Waals surface area contributed by atoms with Gasteiger partial charge in [0.2, 0.25) is 22.7 Å². The Morgan fingerprint density at radius 3 is 2.42 bits per heavy atom. The minimum atomic E-state index is -3.87. The Kier molecular flexibility index (Phi) is 8.05. The van der Waals surface area contributed by atoms with Crippen molar-refractivity contribution in [1.29, 1.82) is 0 Å². The SMILES string of the molecule is Cc1c(Cl)cccc1NS(=O)(=O)c1ccc(NC(=O)CCCN(c2ccc3c(c2)OCO3)S(C)(=O)=O)cc1. The Labute approximate surface area is 226 Å². The number of nitrogens with one attached hydrogen (secondary N) is 2. The number of fused-ring (bicyclic) bond motifs is 1. The van der Waals surface area contributed by atoms with Gasteiger partial charge in [-0.25, -0.2) is 16.8 Å². The second-order valence-electron chi connectivity index (χ2n) is 8.57. The lowest BCUT2D eigenvalue weighted by molar-refractivity contribution is -0.116. The summed E-state index contributed by atoms with van der Waals surface area (Å²) in [4.78, 5) is 12.5. The molecule has 0 unspecified atom stereocenters. The topological polar surface area (TPSA) is 131 Å². The molecule has 13 heteroatoms. The lowest BCUT2D eigenvalue weighted by Crippen LogP contribution is -2.31. The molecule has 0 fully saturated rings. The van der Waals surface area contributed by atoms with Crippen LogP contribution in [-0.2, 0) is 24.8 Å². The zero-order valence-electron chi connectivity index (χ0n) is 20.6. The molecule has 0 bridgehead atoms. The van der Waals surface area contributed by atoms with Gasteiger partial charge in [-0.2, -0.15) is 0 Å². The summed E-state index contributed by atoms with van der Waals surface area (Å²) in [6, 6.07) is 15.5. The van der Waals surface area contributed by atoms with Crippen LogP contribution in [0.3, 0.4) is 0 Å². The van der Waals surface area contributed by atoms with Gasteiger partial charge in [-0.05, 0) is 67.4 Å². The number of ether oxygens (including phenoxy) is 2. The Morgan fingerprint density at radius 1 is 1.00 bits per heavy atom. The van der Waals surface area contributed by atoms with Crippen molar-refractivity contribution in [3.63, 3.8) is 0 Å². The maximum Gasteiger partial charge on any atom is 0.261 e. The van der Waals surface area contributed by atoms with Crippen molar-refractivity contribution >= 4 is 54.6 Å². The molecule has 1 aliphatic rings. The summed E-state index contributed by atoms with van der Waals surface area (Å²) >= 11 is 6.07. The first-order chi connectivity index (χ1) is 17.9. The molecule has 0 atom stereocenters. The molecule has 202 valence electrons. The molecule has 3 aromatic carbocycles. The van der Waals surface area contributed by atoms with Gasteiger partial charge < -0.3 is 14.8 Å². The van der Waals surface area contributed by atoms with Gasteiger partial charge in [0.25, 0.3) is 10.0 Å². The van der Waals surface area contributed by atoms with Crippen molar-refractivity contribution in [2.24, 2.45) is 0 Å². The van der Waals surface area contributed by atoms with Crippen LogP contribution in [0.2, 0.25) is 5.02 Å². The van der Waals surface area contributed by atoms with E-state index in [-0.39, 0.29) is 37.0 Å². The van der Waals surface area contributed by atoms with Gasteiger partial charge in [0.05, 0.1) is 22.5 Å². The second kappa shape index (κ2) is 11.1. The van der Waals surface area contributed by atoms with Gasteiger partial charge in [0.1, 0.15) is 0 Å². The van der Waals surface area contributed by atoms with Crippen molar-refractivity contribution in [2.75, 3.05) is 33.9 Å². The number of amides is 1. The molecular weight excluding hydrogens is 554 g/mol. The molecule has 1 aliphatic heterocycles. The van der Waals surface area contributed by atoms with Crippen LogP contribution < -0.4 is 23.8 Å². The van der Waals surface area contributed by atoms with Gasteiger partial charge in [-0.1, -0.05) is 17.7 Å². The fourth-order valence-corrected chi connectivity index (χ4v) is 6.03. The van der Waals surface area contributed by atoms with Gasteiger partial charge in [0.15, 0.2) is 11.5 Å². The van der Waals surface area contributed by atoms with E-state index in [1.807, 2.05) is 0 Å². The largest absolute Gasteiger partial charge is 0.454 e. The summed E-state index contributed by atoms with van der Waals surface area (Å²) in [7, 11) is -7.47. The van der Waals surface area contributed by atoms with E-state index in [1.165, 1.54) is 28.6 Å². The molecule has 2 N–H and O–H groups in total. The smallest absolute Gasteiger partial charge is 0.261 e. The van der Waals surface area contributed by atoms with E-state index in [1.54, 1.807) is 43.3 Å². The zero-order chi connectivity index (χ0) is 27.5. The minimum Gasteiger partial charge on any atom is -0.454 e. The molecule has 0 spiro atoms. The minimum absolute atomic E-state index is 0.0161. The molecule has 0 aromatic heterocycles. The predicted molar refractivity (Wildman–Crippen MR) is 146 cm³/mol. The molecule has 1 amide bonds. The highest BCUT2D eigenvalue weighted by Crippen LogP contribution is 2.36. The summed E-state index contributed by atoms with van der Waals surface area (Å²) < 4.78 is 64.5. The van der Waals surface area contributed by atoms with Crippen LogP contribution in [0, 0.1) is 6.92 Å². The average molecular weight is 580 g/mol. The van der Waals surface area contributed by atoms with Crippen molar-refractivity contribution in [3.05, 3.63) is 71.2 Å². The van der Waals surface area contributed by atoms with Crippen LogP contribution >= 0.6 is 11.6 Å². The van der Waals surface area contributed by atoms with Crippen LogP contribution in [-0.4, -0.2) is 42.3 Å². The van der Waals surface area contributed by atoms with Crippen LogP contribution in [0.4, 0.5) is 17.1 Å². The van der Waals surface area contributed by atoms with E-state index in [9.17, 15) is 21.6 Å². The van der Waals surface area contributed by atoms with E-state index in [2.05, 4.69) is 10.0 Å². The Hall–Kier alpha value is -3.48. The zero-order valence-corrected chi connectivity index (χ0v) is 23.0. The maximum atomic E-state index is 12.8. The predicted octanol–water partition coefficient (Wildman–Crippen LogP) is 4.36. The lowest BCUT2D eigenvalue weighted by Gasteiger charge is -2.22. The molecule has 0 saturated carbocycles. The summed E-state index contributed by atoms with van der Waals surface area (Å²) in [6.45, 7) is 1.86. The molecule has 10 nitrogen and oxygen atoms in total. The number of rotatable bonds is 10. The number of carbonyl (C=O) groups excluding carboxylic acids is 1. The number of hydrogen-bond donors (Lipinski definition) is 2.